The zero-order valence-corrected chi connectivity index (χ0v) is 21.6. The number of esters is 2. The van der Waals surface area contributed by atoms with Gasteiger partial charge in [-0.15, -0.1) is 0 Å². The number of unbranched alkanes of at least 4 members (excludes halogenated alkanes) is 1. The highest BCUT2D eigenvalue weighted by molar-refractivity contribution is 5.67. The van der Waals surface area contributed by atoms with Crippen molar-refractivity contribution in [2.45, 2.75) is 84.6 Å². The molecule has 0 aliphatic carbocycles. The van der Waals surface area contributed by atoms with Crippen molar-refractivity contribution in [3.05, 3.63) is 59.9 Å². The Morgan fingerprint density at radius 2 is 1.58 bits per heavy atom. The smallest absolute Gasteiger partial charge is 0.303 e. The summed E-state index contributed by atoms with van der Waals surface area (Å²) >= 11 is 0. The van der Waals surface area contributed by atoms with Gasteiger partial charge in [0.2, 0.25) is 0 Å². The third-order valence-corrected chi connectivity index (χ3v) is 6.23. The lowest BCUT2D eigenvalue weighted by molar-refractivity contribution is -0.290. The predicted octanol–water partition coefficient (Wildman–Crippen LogP) is 4.63. The first-order valence-corrected chi connectivity index (χ1v) is 12.6. The molecule has 1 aliphatic rings. The number of aromatic nitrogens is 1. The zero-order chi connectivity index (χ0) is 25.9. The standard InChI is InChI=1S/C28H37NO7/c1-5-25-19(2)26(34-20(3)30)27(35-21(4)31)28(36-25)32-17-7-6-8-22-9-11-24(12-10-22)33-18-23-13-15-29-16-14-23/h9-16,19,25-28H,5-8,17-18H2,1-4H3. The van der Waals surface area contributed by atoms with E-state index in [1.165, 1.54) is 19.4 Å². The lowest BCUT2D eigenvalue weighted by Crippen LogP contribution is -2.57. The van der Waals surface area contributed by atoms with E-state index in [0.29, 0.717) is 13.2 Å². The third-order valence-electron chi connectivity index (χ3n) is 6.23. The van der Waals surface area contributed by atoms with Gasteiger partial charge in [-0.3, -0.25) is 14.6 Å². The normalized spacial score (nSPS) is 23.6. The summed E-state index contributed by atoms with van der Waals surface area (Å²) in [6.45, 7) is 7.56. The van der Waals surface area contributed by atoms with Crippen molar-refractivity contribution >= 4 is 11.9 Å². The van der Waals surface area contributed by atoms with Crippen molar-refractivity contribution < 1.29 is 33.3 Å². The Bertz CT molecular complexity index is 950. The summed E-state index contributed by atoms with van der Waals surface area (Å²) in [5.41, 5.74) is 2.29. The third kappa shape index (κ3) is 8.31. The van der Waals surface area contributed by atoms with Crippen molar-refractivity contribution in [1.29, 1.82) is 0 Å². The van der Waals surface area contributed by atoms with Crippen molar-refractivity contribution in [2.75, 3.05) is 6.61 Å². The highest BCUT2D eigenvalue weighted by Gasteiger charge is 2.47. The second-order valence-corrected chi connectivity index (χ2v) is 9.07. The van der Waals surface area contributed by atoms with Gasteiger partial charge in [0.05, 0.1) is 6.10 Å². The molecule has 0 radical (unpaired) electrons. The van der Waals surface area contributed by atoms with Crippen LogP contribution in [-0.2, 0) is 41.6 Å². The average molecular weight is 500 g/mol. The van der Waals surface area contributed by atoms with Crippen LogP contribution in [0, 0.1) is 5.92 Å². The molecule has 8 nitrogen and oxygen atoms in total. The van der Waals surface area contributed by atoms with Crippen LogP contribution in [0.3, 0.4) is 0 Å². The molecule has 1 aliphatic heterocycles. The van der Waals surface area contributed by atoms with E-state index in [2.05, 4.69) is 17.1 Å². The first kappa shape index (κ1) is 27.6. The van der Waals surface area contributed by atoms with Crippen molar-refractivity contribution in [3.63, 3.8) is 0 Å². The van der Waals surface area contributed by atoms with E-state index in [9.17, 15) is 9.59 Å². The van der Waals surface area contributed by atoms with Gasteiger partial charge in [-0.25, -0.2) is 0 Å². The summed E-state index contributed by atoms with van der Waals surface area (Å²) in [6.07, 6.45) is 4.50. The molecule has 0 amide bonds. The van der Waals surface area contributed by atoms with Crippen LogP contribution in [0.1, 0.15) is 58.1 Å². The molecular formula is C28H37NO7. The minimum atomic E-state index is -0.802. The van der Waals surface area contributed by atoms with E-state index in [-0.39, 0.29) is 12.0 Å². The monoisotopic (exact) mass is 499 g/mol. The van der Waals surface area contributed by atoms with Crippen LogP contribution in [0.15, 0.2) is 48.8 Å². The second-order valence-electron chi connectivity index (χ2n) is 9.07. The number of rotatable bonds is 12. The fourth-order valence-electron chi connectivity index (χ4n) is 4.35. The van der Waals surface area contributed by atoms with Crippen LogP contribution in [-0.4, -0.2) is 48.1 Å². The molecule has 1 saturated heterocycles. The first-order valence-electron chi connectivity index (χ1n) is 12.6. The summed E-state index contributed by atoms with van der Waals surface area (Å²) < 4.78 is 28.9. The quantitative estimate of drug-likeness (QED) is 0.308. The molecule has 2 heterocycles. The second kappa shape index (κ2) is 13.9. The summed E-state index contributed by atoms with van der Waals surface area (Å²) in [5.74, 6) is -0.190. The number of nitrogens with zero attached hydrogens (tertiary/aromatic N) is 1. The maximum atomic E-state index is 11.7. The van der Waals surface area contributed by atoms with Gasteiger partial charge in [0.15, 0.2) is 12.4 Å². The minimum Gasteiger partial charge on any atom is -0.489 e. The largest absolute Gasteiger partial charge is 0.489 e. The molecule has 8 heteroatoms. The molecule has 196 valence electrons. The van der Waals surface area contributed by atoms with Crippen molar-refractivity contribution in [3.8, 4) is 5.75 Å². The van der Waals surface area contributed by atoms with E-state index in [0.717, 1.165) is 37.0 Å². The molecule has 1 aromatic carbocycles. The van der Waals surface area contributed by atoms with Crippen LogP contribution in [0.25, 0.3) is 0 Å². The Kier molecular flexibility index (Phi) is 10.7. The number of hydrogen-bond acceptors (Lipinski definition) is 8. The van der Waals surface area contributed by atoms with Crippen LogP contribution >= 0.6 is 0 Å². The Morgan fingerprint density at radius 1 is 0.917 bits per heavy atom. The van der Waals surface area contributed by atoms with Gasteiger partial charge in [0.1, 0.15) is 18.5 Å². The number of benzene rings is 1. The van der Waals surface area contributed by atoms with Gasteiger partial charge >= 0.3 is 11.9 Å². The predicted molar refractivity (Wildman–Crippen MR) is 133 cm³/mol. The average Bonchev–Trinajstić information content (AvgIpc) is 2.86. The van der Waals surface area contributed by atoms with Gasteiger partial charge in [0, 0.05) is 38.8 Å². The van der Waals surface area contributed by atoms with Gasteiger partial charge in [-0.1, -0.05) is 26.0 Å². The van der Waals surface area contributed by atoms with Gasteiger partial charge in [-0.05, 0) is 61.1 Å². The molecule has 3 rings (SSSR count). The number of hydrogen-bond donors (Lipinski definition) is 0. The van der Waals surface area contributed by atoms with Crippen LogP contribution < -0.4 is 4.74 Å². The summed E-state index contributed by atoms with van der Waals surface area (Å²) in [6, 6.07) is 12.0. The molecule has 1 fully saturated rings. The molecule has 0 bridgehead atoms. The highest BCUT2D eigenvalue weighted by atomic mass is 16.7. The van der Waals surface area contributed by atoms with E-state index in [4.69, 9.17) is 23.7 Å². The molecular weight excluding hydrogens is 462 g/mol. The molecule has 5 atom stereocenters. The van der Waals surface area contributed by atoms with Crippen LogP contribution in [0.2, 0.25) is 0 Å². The highest BCUT2D eigenvalue weighted by Crippen LogP contribution is 2.32. The number of aryl methyl sites for hydroxylation is 1. The number of ether oxygens (including phenoxy) is 5. The van der Waals surface area contributed by atoms with Crippen LogP contribution in [0.4, 0.5) is 0 Å². The molecule has 5 unspecified atom stereocenters. The Hall–Kier alpha value is -2.97. The van der Waals surface area contributed by atoms with Crippen molar-refractivity contribution in [2.24, 2.45) is 5.92 Å². The molecule has 2 aromatic rings. The number of carbonyl (C=O) groups is 2. The van der Waals surface area contributed by atoms with E-state index in [1.807, 2.05) is 38.1 Å². The number of pyridine rings is 1. The number of carbonyl (C=O) groups excluding carboxylic acids is 2. The zero-order valence-electron chi connectivity index (χ0n) is 21.6. The summed E-state index contributed by atoms with van der Waals surface area (Å²) in [5, 5.41) is 0. The van der Waals surface area contributed by atoms with Crippen LogP contribution in [0.5, 0.6) is 5.75 Å². The Balaban J connectivity index is 1.46. The van der Waals surface area contributed by atoms with Gasteiger partial charge in [0.25, 0.3) is 0 Å². The fourth-order valence-corrected chi connectivity index (χ4v) is 4.35. The van der Waals surface area contributed by atoms with Gasteiger partial charge < -0.3 is 23.7 Å². The van der Waals surface area contributed by atoms with Gasteiger partial charge in [-0.2, -0.15) is 0 Å². The maximum Gasteiger partial charge on any atom is 0.303 e. The summed E-state index contributed by atoms with van der Waals surface area (Å²) in [4.78, 5) is 27.4. The Labute approximate surface area is 213 Å². The molecule has 1 aromatic heterocycles. The summed E-state index contributed by atoms with van der Waals surface area (Å²) in [7, 11) is 0. The Morgan fingerprint density at radius 3 is 2.22 bits per heavy atom. The van der Waals surface area contributed by atoms with E-state index in [1.54, 1.807) is 12.4 Å². The van der Waals surface area contributed by atoms with Crippen molar-refractivity contribution in [1.82, 2.24) is 4.98 Å². The molecule has 0 saturated carbocycles. The lowest BCUT2D eigenvalue weighted by Gasteiger charge is -2.43. The molecule has 0 N–H and O–H groups in total. The minimum absolute atomic E-state index is 0.125. The first-order chi connectivity index (χ1) is 17.4. The van der Waals surface area contributed by atoms with E-state index < -0.39 is 30.4 Å². The fraction of sp³-hybridized carbons (Fsp3) is 0.536. The molecule has 0 spiro atoms. The molecule has 36 heavy (non-hydrogen) atoms. The SMILES string of the molecule is CCC1OC(OCCCCc2ccc(OCc3ccncc3)cc2)C(OC(C)=O)C(OC(C)=O)C1C. The van der Waals surface area contributed by atoms with E-state index >= 15 is 0 Å². The topological polar surface area (TPSA) is 93.2 Å². The lowest BCUT2D eigenvalue weighted by atomic mass is 9.89. The maximum absolute atomic E-state index is 11.7.